The van der Waals surface area contributed by atoms with Crippen LogP contribution in [-0.4, -0.2) is 41.8 Å². The van der Waals surface area contributed by atoms with Gasteiger partial charge in [0.2, 0.25) is 18.6 Å². The van der Waals surface area contributed by atoms with Crippen LogP contribution in [0.5, 0.6) is 11.5 Å². The second kappa shape index (κ2) is 7.81. The Morgan fingerprint density at radius 2 is 1.91 bits per heavy atom. The number of nitrogens with one attached hydrogen (secondary N) is 3. The van der Waals surface area contributed by atoms with Gasteiger partial charge in [-0.05, 0) is 68.7 Å². The van der Waals surface area contributed by atoms with E-state index in [9.17, 15) is 9.59 Å². The molecule has 8 nitrogen and oxygen atoms in total. The number of aliphatic hydroxyl groups is 1. The van der Waals surface area contributed by atoms with E-state index in [2.05, 4.69) is 15.6 Å². The number of aliphatic hydroxyl groups excluding tert-OH is 1. The lowest BCUT2D eigenvalue weighted by Gasteiger charge is -2.22. The minimum Gasteiger partial charge on any atom is -0.454 e. The van der Waals surface area contributed by atoms with Crippen molar-refractivity contribution < 1.29 is 28.4 Å². The number of ether oxygens (including phenoxy) is 2. The molecule has 8 heteroatoms. The van der Waals surface area contributed by atoms with Crippen molar-refractivity contribution in [2.75, 3.05) is 25.3 Å². The summed E-state index contributed by atoms with van der Waals surface area (Å²) in [4.78, 5) is 29.0. The quantitative estimate of drug-likeness (QED) is 0.434. The van der Waals surface area contributed by atoms with Gasteiger partial charge in [-0.15, -0.1) is 0 Å². The predicted molar refractivity (Wildman–Crippen MR) is 130 cm³/mol. The van der Waals surface area contributed by atoms with Gasteiger partial charge in [0.05, 0.1) is 17.4 Å². The second-order valence-corrected chi connectivity index (χ2v) is 9.19. The summed E-state index contributed by atoms with van der Waals surface area (Å²) in [6, 6.07) is 13.3. The van der Waals surface area contributed by atoms with Gasteiger partial charge >= 0.3 is 0 Å². The van der Waals surface area contributed by atoms with Crippen molar-refractivity contribution in [2.24, 2.45) is 0 Å². The van der Waals surface area contributed by atoms with Crippen molar-refractivity contribution in [1.29, 1.82) is 0 Å². The monoisotopic (exact) mass is 455 g/mol. The molecule has 1 saturated carbocycles. The lowest BCUT2D eigenvalue weighted by molar-refractivity contribution is -0.126. The molecule has 0 spiro atoms. The van der Waals surface area contributed by atoms with Crippen LogP contribution in [0.15, 0.2) is 42.5 Å². The summed E-state index contributed by atoms with van der Waals surface area (Å²) in [5.41, 5.74) is 1.93. The fraction of sp³-hybridized carbons (Fsp3) is 0.360. The Hall–Kier alpha value is -3.52. The first kappa shape index (κ1) is 21.3. The highest BCUT2D eigenvalue weighted by Gasteiger charge is 2.51. The number of anilines is 1. The van der Waals surface area contributed by atoms with Crippen molar-refractivity contribution >= 4 is 28.4 Å². The third kappa shape index (κ3) is 3.70. The normalized spacial score (nSPS) is 16.0. The van der Waals surface area contributed by atoms with E-state index in [0.29, 0.717) is 17.2 Å². The first-order valence-electron chi connectivity index (χ1n) is 11.1. The number of benzene rings is 2. The van der Waals surface area contributed by atoms with Crippen LogP contribution in [0.2, 0.25) is 0 Å². The number of H-pyrrole nitrogens is 1. The van der Waals surface area contributed by atoms with Gasteiger partial charge in [0.15, 0.2) is 11.5 Å². The molecule has 3 aromatic rings. The molecule has 1 aromatic heterocycles. The van der Waals surface area contributed by atoms with E-state index >= 15 is 0 Å². The maximum atomic E-state index is 13.2. The van der Waals surface area contributed by atoms with Gasteiger partial charge in [-0.2, -0.15) is 0 Å². The molecule has 2 amide bonds. The van der Waals surface area contributed by atoms with E-state index in [0.717, 1.165) is 35.0 Å². The zero-order valence-electron chi connectivity index (χ0n) is 18.7. The van der Waals surface area contributed by atoms with Gasteiger partial charge in [-0.25, -0.2) is 0 Å². The van der Waals surface area contributed by atoms with Crippen LogP contribution in [0.3, 0.4) is 0 Å². The molecule has 178 valence electrons. The molecule has 2 aromatic carbocycles. The summed E-state index contributed by atoms with van der Waals surface area (Å²) < 4.78 is 10.9. The SMILES string of the molecule is CC(C)(C(=O)NCCO)c1cc2cc(NC(=O)C3(c4ccc5c(c4)OCO5)CC3)ccc2[nH]1.[HH].[HH].[HH]. The first-order chi connectivity index (χ1) is 15.8. The average molecular weight is 456 g/mol. The van der Waals surface area contributed by atoms with Crippen LogP contribution in [0.25, 0.3) is 10.9 Å². The summed E-state index contributed by atoms with van der Waals surface area (Å²) in [6.07, 6.45) is 1.57. The molecule has 0 bridgehead atoms. The highest BCUT2D eigenvalue weighted by Crippen LogP contribution is 2.51. The average Bonchev–Trinajstić information content (AvgIpc) is 3.29. The van der Waals surface area contributed by atoms with E-state index in [1.165, 1.54) is 0 Å². The third-order valence-corrected chi connectivity index (χ3v) is 6.63. The number of aromatic amines is 1. The molecule has 33 heavy (non-hydrogen) atoms. The number of fused-ring (bicyclic) bond motifs is 2. The number of amides is 2. The predicted octanol–water partition coefficient (Wildman–Crippen LogP) is 3.69. The van der Waals surface area contributed by atoms with Crippen molar-refractivity contribution in [1.82, 2.24) is 10.3 Å². The number of rotatable bonds is 7. The number of hydrogen-bond acceptors (Lipinski definition) is 5. The van der Waals surface area contributed by atoms with Gasteiger partial charge in [0, 0.05) is 33.1 Å². The standard InChI is InChI=1S/C25H27N3O5.3H2/c1-24(2,22(30)26-9-10-29)21-12-15-11-17(4-5-18(15)28-21)27-23(31)25(7-8-25)16-3-6-19-20(13-16)33-14-32-19;;;/h3-6,11-13,28-29H,7-10,14H2,1-2H3,(H,26,30)(H,27,31);3*1H. The number of carbonyl (C=O) groups excluding carboxylic acids is 2. The highest BCUT2D eigenvalue weighted by molar-refractivity contribution is 6.02. The molecule has 0 radical (unpaired) electrons. The number of aromatic nitrogens is 1. The molecule has 2 heterocycles. The Morgan fingerprint density at radius 3 is 2.67 bits per heavy atom. The second-order valence-electron chi connectivity index (χ2n) is 9.19. The van der Waals surface area contributed by atoms with Crippen LogP contribution in [0.1, 0.15) is 42.2 Å². The Morgan fingerprint density at radius 1 is 1.12 bits per heavy atom. The Kier molecular flexibility index (Phi) is 5.05. The van der Waals surface area contributed by atoms with E-state index in [4.69, 9.17) is 14.6 Å². The van der Waals surface area contributed by atoms with Crippen LogP contribution >= 0.6 is 0 Å². The minimum absolute atomic E-state index is 0. The minimum atomic E-state index is -0.797. The summed E-state index contributed by atoms with van der Waals surface area (Å²) >= 11 is 0. The molecule has 4 N–H and O–H groups in total. The van der Waals surface area contributed by atoms with Crippen LogP contribution in [0, 0.1) is 0 Å². The molecule has 0 unspecified atom stereocenters. The molecule has 0 atom stereocenters. The molecule has 5 rings (SSSR count). The lowest BCUT2D eigenvalue weighted by Crippen LogP contribution is -2.41. The van der Waals surface area contributed by atoms with Gasteiger partial charge in [0.25, 0.3) is 0 Å². The Bertz CT molecular complexity index is 1260. The molecule has 1 fully saturated rings. The topological polar surface area (TPSA) is 113 Å². The van der Waals surface area contributed by atoms with Gasteiger partial charge in [-0.3, -0.25) is 9.59 Å². The van der Waals surface area contributed by atoms with Crippen molar-refractivity contribution in [2.45, 2.75) is 37.5 Å². The van der Waals surface area contributed by atoms with Crippen LogP contribution in [0.4, 0.5) is 5.69 Å². The van der Waals surface area contributed by atoms with E-state index in [-0.39, 0.29) is 36.0 Å². The molecule has 0 saturated heterocycles. The molecular formula is C25H33N3O5. The lowest BCUT2D eigenvalue weighted by atomic mass is 9.88. The first-order valence-corrected chi connectivity index (χ1v) is 11.1. The van der Waals surface area contributed by atoms with Crippen LogP contribution < -0.4 is 20.1 Å². The van der Waals surface area contributed by atoms with Gasteiger partial charge < -0.3 is 30.2 Å². The highest BCUT2D eigenvalue weighted by atomic mass is 16.7. The van der Waals surface area contributed by atoms with E-state index in [1.807, 2.05) is 56.3 Å². The fourth-order valence-electron chi connectivity index (χ4n) is 4.28. The maximum Gasteiger partial charge on any atom is 0.235 e. The van der Waals surface area contributed by atoms with E-state index < -0.39 is 10.8 Å². The molecule has 1 aliphatic heterocycles. The molecular weight excluding hydrogens is 422 g/mol. The van der Waals surface area contributed by atoms with Crippen LogP contribution in [-0.2, 0) is 20.4 Å². The molecule has 1 aliphatic carbocycles. The maximum absolute atomic E-state index is 13.2. The van der Waals surface area contributed by atoms with Gasteiger partial charge in [-0.1, -0.05) is 6.07 Å². The Balaban J connectivity index is 0.00000152. The number of hydrogen-bond donors (Lipinski definition) is 4. The van der Waals surface area contributed by atoms with E-state index in [1.54, 1.807) is 0 Å². The number of carbonyl (C=O) groups is 2. The summed E-state index contributed by atoms with van der Waals surface area (Å²) in [7, 11) is 0. The zero-order chi connectivity index (χ0) is 23.2. The summed E-state index contributed by atoms with van der Waals surface area (Å²) in [5.74, 6) is 1.17. The fourth-order valence-corrected chi connectivity index (χ4v) is 4.28. The Labute approximate surface area is 195 Å². The molecule has 2 aliphatic rings. The zero-order valence-corrected chi connectivity index (χ0v) is 18.7. The van der Waals surface area contributed by atoms with Crippen molar-refractivity contribution in [3.05, 3.63) is 53.7 Å². The smallest absolute Gasteiger partial charge is 0.235 e. The van der Waals surface area contributed by atoms with Crippen molar-refractivity contribution in [3.63, 3.8) is 0 Å². The van der Waals surface area contributed by atoms with Gasteiger partial charge in [0.1, 0.15) is 0 Å². The summed E-state index contributed by atoms with van der Waals surface area (Å²) in [6.45, 7) is 3.97. The third-order valence-electron chi connectivity index (χ3n) is 6.63. The van der Waals surface area contributed by atoms with Crippen molar-refractivity contribution in [3.8, 4) is 11.5 Å². The summed E-state index contributed by atoms with van der Waals surface area (Å²) in [5, 5.41) is 15.7. The largest absolute Gasteiger partial charge is 0.454 e.